The number of benzene rings is 1. The van der Waals surface area contributed by atoms with Crippen molar-refractivity contribution in [2.24, 2.45) is 4.99 Å². The van der Waals surface area contributed by atoms with Crippen molar-refractivity contribution in [3.63, 3.8) is 0 Å². The smallest absolute Gasteiger partial charge is 0.434 e. The zero-order valence-electron chi connectivity index (χ0n) is 16.1. The predicted octanol–water partition coefficient (Wildman–Crippen LogP) is 3.78. The van der Waals surface area contributed by atoms with Crippen molar-refractivity contribution in [2.45, 2.75) is 26.2 Å². The lowest BCUT2D eigenvalue weighted by Gasteiger charge is -2.23. The molecule has 0 aliphatic rings. The number of halogens is 3. The summed E-state index contributed by atoms with van der Waals surface area (Å²) in [6, 6.07) is 5.53. The van der Waals surface area contributed by atoms with Gasteiger partial charge in [0.25, 0.3) is 0 Å². The van der Waals surface area contributed by atoms with E-state index in [0.717, 1.165) is 22.3 Å². The van der Waals surface area contributed by atoms with Crippen molar-refractivity contribution in [3.05, 3.63) is 39.8 Å². The highest BCUT2D eigenvalue weighted by atomic mass is 32.1. The molecule has 0 fully saturated rings. The molecule has 0 amide bonds. The highest BCUT2D eigenvalue weighted by Crippen LogP contribution is 2.30. The quantitative estimate of drug-likeness (QED) is 0.550. The molecule has 28 heavy (non-hydrogen) atoms. The van der Waals surface area contributed by atoms with Crippen molar-refractivity contribution in [2.75, 3.05) is 27.8 Å². The van der Waals surface area contributed by atoms with Crippen LogP contribution >= 0.6 is 11.3 Å². The van der Waals surface area contributed by atoms with Gasteiger partial charge in [-0.15, -0.1) is 11.3 Å². The van der Waals surface area contributed by atoms with E-state index in [1.54, 1.807) is 20.3 Å². The first-order valence-electron chi connectivity index (χ1n) is 8.50. The zero-order chi connectivity index (χ0) is 20.7. The Labute approximate surface area is 166 Å². The zero-order valence-corrected chi connectivity index (χ0v) is 16.9. The van der Waals surface area contributed by atoms with E-state index in [0.29, 0.717) is 35.6 Å². The Kier molecular flexibility index (Phi) is 7.50. The van der Waals surface area contributed by atoms with Crippen LogP contribution < -0.4 is 14.8 Å². The molecule has 0 unspecified atom stereocenters. The fraction of sp³-hybridized carbons (Fsp3) is 0.444. The molecule has 0 spiro atoms. The number of alkyl halides is 3. The number of rotatable bonds is 7. The van der Waals surface area contributed by atoms with E-state index in [9.17, 15) is 13.2 Å². The Bertz CT molecular complexity index is 808. The third-order valence-electron chi connectivity index (χ3n) is 3.80. The van der Waals surface area contributed by atoms with Crippen molar-refractivity contribution >= 4 is 17.3 Å². The van der Waals surface area contributed by atoms with Crippen molar-refractivity contribution < 1.29 is 22.6 Å². The molecule has 10 heteroatoms. The largest absolute Gasteiger partial charge is 0.497 e. The molecule has 0 atom stereocenters. The van der Waals surface area contributed by atoms with Gasteiger partial charge in [-0.1, -0.05) is 0 Å². The molecule has 6 nitrogen and oxygen atoms in total. The van der Waals surface area contributed by atoms with Gasteiger partial charge in [0.2, 0.25) is 0 Å². The molecular formula is C18H23F3N4O2S. The molecule has 0 saturated heterocycles. The van der Waals surface area contributed by atoms with Gasteiger partial charge in [-0.3, -0.25) is 0 Å². The minimum Gasteiger partial charge on any atom is -0.497 e. The normalized spacial score (nSPS) is 12.0. The minimum absolute atomic E-state index is 0.0627. The minimum atomic E-state index is -4.44. The average molecular weight is 416 g/mol. The molecule has 0 bridgehead atoms. The lowest BCUT2D eigenvalue weighted by Crippen LogP contribution is -2.38. The molecule has 2 rings (SSSR count). The van der Waals surface area contributed by atoms with E-state index in [2.05, 4.69) is 15.3 Å². The third kappa shape index (κ3) is 5.75. The van der Waals surface area contributed by atoms with Crippen LogP contribution in [0.15, 0.2) is 28.6 Å². The molecular weight excluding hydrogens is 393 g/mol. The van der Waals surface area contributed by atoms with Crippen LogP contribution in [0.2, 0.25) is 0 Å². The van der Waals surface area contributed by atoms with Gasteiger partial charge in [-0.25, -0.2) is 9.98 Å². The van der Waals surface area contributed by atoms with Crippen LogP contribution in [0, 0.1) is 0 Å². The second-order valence-electron chi connectivity index (χ2n) is 5.83. The van der Waals surface area contributed by atoms with Gasteiger partial charge in [0, 0.05) is 37.1 Å². The van der Waals surface area contributed by atoms with E-state index in [1.807, 2.05) is 31.0 Å². The van der Waals surface area contributed by atoms with Gasteiger partial charge >= 0.3 is 6.18 Å². The van der Waals surface area contributed by atoms with E-state index < -0.39 is 11.9 Å². The van der Waals surface area contributed by atoms with Crippen LogP contribution in [0.3, 0.4) is 0 Å². The van der Waals surface area contributed by atoms with Crippen LogP contribution in [0.1, 0.15) is 23.2 Å². The first-order chi connectivity index (χ1) is 13.3. The van der Waals surface area contributed by atoms with Gasteiger partial charge in [-0.2, -0.15) is 13.2 Å². The van der Waals surface area contributed by atoms with E-state index in [-0.39, 0.29) is 6.54 Å². The van der Waals surface area contributed by atoms with Gasteiger partial charge in [0.1, 0.15) is 16.5 Å². The molecule has 1 aromatic heterocycles. The number of guanidine groups is 1. The summed E-state index contributed by atoms with van der Waals surface area (Å²) >= 11 is 0.944. The Hall–Kier alpha value is -2.49. The topological polar surface area (TPSA) is 59.0 Å². The summed E-state index contributed by atoms with van der Waals surface area (Å²) in [6.45, 7) is 3.09. The van der Waals surface area contributed by atoms with Crippen LogP contribution in [-0.4, -0.2) is 43.7 Å². The monoisotopic (exact) mass is 416 g/mol. The molecule has 154 valence electrons. The van der Waals surface area contributed by atoms with Gasteiger partial charge < -0.3 is 19.7 Å². The van der Waals surface area contributed by atoms with E-state index >= 15 is 0 Å². The standard InChI is InChI=1S/C18H23F3N4O2S/c1-5-22-17(23-9-16-24-15(11-28-16)18(19,20)21)25(2)10-12-6-7-13(26-3)8-14(12)27-4/h6-8,11H,5,9-10H2,1-4H3,(H,22,23). The molecule has 1 aromatic carbocycles. The maximum Gasteiger partial charge on any atom is 0.434 e. The molecule has 0 radical (unpaired) electrons. The SMILES string of the molecule is CCNC(=NCc1nc(C(F)(F)F)cs1)N(C)Cc1ccc(OC)cc1OC. The van der Waals surface area contributed by atoms with Crippen LogP contribution in [0.5, 0.6) is 11.5 Å². The molecule has 1 heterocycles. The van der Waals surface area contributed by atoms with Gasteiger partial charge in [0.15, 0.2) is 11.7 Å². The number of hydrogen-bond donors (Lipinski definition) is 1. The maximum absolute atomic E-state index is 12.7. The second kappa shape index (κ2) is 9.63. The molecule has 0 aliphatic heterocycles. The number of ether oxygens (including phenoxy) is 2. The molecule has 1 N–H and O–H groups in total. The van der Waals surface area contributed by atoms with Crippen molar-refractivity contribution in [3.8, 4) is 11.5 Å². The molecule has 0 saturated carbocycles. The van der Waals surface area contributed by atoms with Crippen molar-refractivity contribution in [1.82, 2.24) is 15.2 Å². The number of hydrogen-bond acceptors (Lipinski definition) is 5. The highest BCUT2D eigenvalue weighted by Gasteiger charge is 2.33. The number of thiazole rings is 1. The van der Waals surface area contributed by atoms with Crippen LogP contribution in [0.4, 0.5) is 13.2 Å². The summed E-state index contributed by atoms with van der Waals surface area (Å²) in [5.74, 6) is 1.92. The first kappa shape index (κ1) is 21.8. The van der Waals surface area contributed by atoms with Crippen LogP contribution in [0.25, 0.3) is 0 Å². The summed E-state index contributed by atoms with van der Waals surface area (Å²) < 4.78 is 48.7. The number of methoxy groups -OCH3 is 2. The van der Waals surface area contributed by atoms with E-state index in [4.69, 9.17) is 9.47 Å². The third-order valence-corrected chi connectivity index (χ3v) is 4.64. The predicted molar refractivity (Wildman–Crippen MR) is 103 cm³/mol. The highest BCUT2D eigenvalue weighted by molar-refractivity contribution is 7.09. The lowest BCUT2D eigenvalue weighted by molar-refractivity contribution is -0.140. The first-order valence-corrected chi connectivity index (χ1v) is 9.38. The summed E-state index contributed by atoms with van der Waals surface area (Å²) in [5, 5.41) is 4.44. The number of aliphatic imine (C=N–C) groups is 1. The Morgan fingerprint density at radius 2 is 2.04 bits per heavy atom. The Morgan fingerprint density at radius 3 is 2.61 bits per heavy atom. The number of nitrogens with one attached hydrogen (secondary N) is 1. The summed E-state index contributed by atoms with van der Waals surface area (Å²) in [4.78, 5) is 9.89. The Morgan fingerprint density at radius 1 is 1.29 bits per heavy atom. The van der Waals surface area contributed by atoms with Crippen molar-refractivity contribution in [1.29, 1.82) is 0 Å². The number of nitrogens with zero attached hydrogens (tertiary/aromatic N) is 3. The summed E-state index contributed by atoms with van der Waals surface area (Å²) in [5.41, 5.74) is 0.0361. The summed E-state index contributed by atoms with van der Waals surface area (Å²) in [7, 11) is 5.01. The molecule has 2 aromatic rings. The van der Waals surface area contributed by atoms with Gasteiger partial charge in [0.05, 0.1) is 20.8 Å². The average Bonchev–Trinajstić information content (AvgIpc) is 3.14. The Balaban J connectivity index is 2.14. The second-order valence-corrected chi connectivity index (χ2v) is 6.77. The summed E-state index contributed by atoms with van der Waals surface area (Å²) in [6.07, 6.45) is -4.44. The van der Waals surface area contributed by atoms with Gasteiger partial charge in [-0.05, 0) is 19.1 Å². The van der Waals surface area contributed by atoms with Crippen LogP contribution in [-0.2, 0) is 19.3 Å². The van der Waals surface area contributed by atoms with E-state index in [1.165, 1.54) is 0 Å². The fourth-order valence-corrected chi connectivity index (χ4v) is 3.16. The molecule has 0 aliphatic carbocycles. The maximum atomic E-state index is 12.7. The lowest BCUT2D eigenvalue weighted by atomic mass is 10.2. The number of aromatic nitrogens is 1. The fourth-order valence-electron chi connectivity index (χ4n) is 2.44.